The Labute approximate surface area is 135 Å². The fraction of sp³-hybridized carbons (Fsp3) is 0.357. The van der Waals surface area contributed by atoms with Gasteiger partial charge in [-0.3, -0.25) is 4.79 Å². The number of ether oxygens (including phenoxy) is 1. The Hall–Kier alpha value is -1.54. The van der Waals surface area contributed by atoms with Gasteiger partial charge in [-0.05, 0) is 24.3 Å². The average molecular weight is 340 g/mol. The topological polar surface area (TPSA) is 65.2 Å². The maximum atomic E-state index is 12.9. The van der Waals surface area contributed by atoms with Gasteiger partial charge in [-0.2, -0.15) is 16.7 Å². The van der Waals surface area contributed by atoms with Gasteiger partial charge in [0.25, 0.3) is 5.89 Å². The Morgan fingerprint density at radius 2 is 2.18 bits per heavy atom. The van der Waals surface area contributed by atoms with Gasteiger partial charge < -0.3 is 9.26 Å². The molecule has 1 unspecified atom stereocenters. The van der Waals surface area contributed by atoms with Crippen LogP contribution in [0.15, 0.2) is 28.8 Å². The van der Waals surface area contributed by atoms with Gasteiger partial charge in [0.1, 0.15) is 11.1 Å². The predicted molar refractivity (Wildman–Crippen MR) is 83.1 cm³/mol. The Morgan fingerprint density at radius 3 is 2.91 bits per heavy atom. The van der Waals surface area contributed by atoms with Gasteiger partial charge in [0.2, 0.25) is 5.82 Å². The lowest BCUT2D eigenvalue weighted by Gasteiger charge is -2.18. The minimum atomic E-state index is -0.329. The van der Waals surface area contributed by atoms with Gasteiger partial charge in [0, 0.05) is 22.8 Å². The Morgan fingerprint density at radius 1 is 1.36 bits per heavy atom. The summed E-state index contributed by atoms with van der Waals surface area (Å²) in [6, 6.07) is 5.77. The van der Waals surface area contributed by atoms with E-state index in [1.165, 1.54) is 12.1 Å². The molecule has 2 heterocycles. The fourth-order valence-electron chi connectivity index (χ4n) is 1.88. The number of carbonyl (C=O) groups is 1. The molecule has 1 aliphatic rings. The summed E-state index contributed by atoms with van der Waals surface area (Å²) in [5.74, 6) is 2.78. The molecule has 5 nitrogen and oxygen atoms in total. The first-order chi connectivity index (χ1) is 10.7. The maximum absolute atomic E-state index is 12.9. The summed E-state index contributed by atoms with van der Waals surface area (Å²) in [6.45, 7) is -0.0469. The third-order valence-corrected chi connectivity index (χ3v) is 5.72. The lowest BCUT2D eigenvalue weighted by Crippen LogP contribution is -2.26. The summed E-state index contributed by atoms with van der Waals surface area (Å²) in [4.78, 5) is 16.0. The van der Waals surface area contributed by atoms with Gasteiger partial charge in [-0.15, -0.1) is 11.8 Å². The van der Waals surface area contributed by atoms with E-state index in [2.05, 4.69) is 10.1 Å². The summed E-state index contributed by atoms with van der Waals surface area (Å²) in [5.41, 5.74) is 0.641. The average Bonchev–Trinajstić information content (AvgIpc) is 3.03. The number of rotatable bonds is 4. The number of benzene rings is 1. The molecule has 1 saturated heterocycles. The first-order valence-electron chi connectivity index (χ1n) is 6.67. The zero-order valence-electron chi connectivity index (χ0n) is 11.5. The summed E-state index contributed by atoms with van der Waals surface area (Å²) in [5, 5.41) is 3.67. The minimum absolute atomic E-state index is 0.0469. The van der Waals surface area contributed by atoms with Crippen LogP contribution in [0.3, 0.4) is 0 Å². The molecule has 22 heavy (non-hydrogen) atoms. The van der Waals surface area contributed by atoms with E-state index in [0.717, 1.165) is 17.3 Å². The van der Waals surface area contributed by atoms with Crippen molar-refractivity contribution in [2.45, 2.75) is 11.9 Å². The SMILES string of the molecule is O=C(OCc1nc(-c2ccc(F)cc2)no1)C1CSCCS1. The quantitative estimate of drug-likeness (QED) is 0.793. The van der Waals surface area contributed by atoms with E-state index in [1.807, 2.05) is 0 Å². The first kappa shape index (κ1) is 15.4. The van der Waals surface area contributed by atoms with Gasteiger partial charge in [0.05, 0.1) is 0 Å². The third-order valence-electron chi connectivity index (χ3n) is 2.99. The van der Waals surface area contributed by atoms with Crippen molar-refractivity contribution < 1.29 is 18.4 Å². The highest BCUT2D eigenvalue weighted by Crippen LogP contribution is 2.25. The molecule has 1 aromatic carbocycles. The van der Waals surface area contributed by atoms with Crippen LogP contribution in [0.5, 0.6) is 0 Å². The van der Waals surface area contributed by atoms with Crippen molar-refractivity contribution in [3.05, 3.63) is 36.0 Å². The summed E-state index contributed by atoms with van der Waals surface area (Å²) in [7, 11) is 0. The van der Waals surface area contributed by atoms with E-state index >= 15 is 0 Å². The molecule has 116 valence electrons. The van der Waals surface area contributed by atoms with E-state index < -0.39 is 0 Å². The number of aromatic nitrogens is 2. The molecule has 1 atom stereocenters. The highest BCUT2D eigenvalue weighted by atomic mass is 32.2. The lowest BCUT2D eigenvalue weighted by atomic mass is 10.2. The Kier molecular flexibility index (Phi) is 4.99. The van der Waals surface area contributed by atoms with Crippen molar-refractivity contribution >= 4 is 29.5 Å². The summed E-state index contributed by atoms with van der Waals surface area (Å²) < 4.78 is 23.1. The molecular weight excluding hydrogens is 327 g/mol. The molecule has 8 heteroatoms. The first-order valence-corrected chi connectivity index (χ1v) is 8.87. The number of nitrogens with zero attached hydrogens (tertiary/aromatic N) is 2. The van der Waals surface area contributed by atoms with E-state index in [4.69, 9.17) is 9.26 Å². The second-order valence-electron chi connectivity index (χ2n) is 4.56. The van der Waals surface area contributed by atoms with Crippen LogP contribution in [0.25, 0.3) is 11.4 Å². The van der Waals surface area contributed by atoms with Crippen molar-refractivity contribution in [2.75, 3.05) is 17.3 Å². The van der Waals surface area contributed by atoms with Crippen LogP contribution in [0, 0.1) is 5.82 Å². The molecule has 1 aliphatic heterocycles. The number of esters is 1. The van der Waals surface area contributed by atoms with Crippen molar-refractivity contribution in [2.24, 2.45) is 0 Å². The maximum Gasteiger partial charge on any atom is 0.320 e. The number of thioether (sulfide) groups is 2. The largest absolute Gasteiger partial charge is 0.455 e. The van der Waals surface area contributed by atoms with Crippen molar-refractivity contribution in [1.82, 2.24) is 10.1 Å². The van der Waals surface area contributed by atoms with Gasteiger partial charge in [-0.25, -0.2) is 4.39 Å². The van der Waals surface area contributed by atoms with Crippen molar-refractivity contribution in [3.63, 3.8) is 0 Å². The number of carbonyl (C=O) groups excluding carboxylic acids is 1. The second-order valence-corrected chi connectivity index (χ2v) is 7.02. The molecule has 1 aromatic heterocycles. The van der Waals surface area contributed by atoms with Crippen molar-refractivity contribution in [1.29, 1.82) is 0 Å². The lowest BCUT2D eigenvalue weighted by molar-refractivity contribution is -0.144. The van der Waals surface area contributed by atoms with Crippen LogP contribution in [0.1, 0.15) is 5.89 Å². The molecule has 0 spiro atoms. The van der Waals surface area contributed by atoms with E-state index in [1.54, 1.807) is 35.7 Å². The number of halogens is 1. The standard InChI is InChI=1S/C14H13FN2O3S2/c15-10-3-1-9(2-4-10)13-16-12(20-17-13)7-19-14(18)11-8-21-5-6-22-11/h1-4,11H,5-8H2. The predicted octanol–water partition coefficient (Wildman–Crippen LogP) is 2.77. The van der Waals surface area contributed by atoms with E-state index in [-0.39, 0.29) is 29.5 Å². The van der Waals surface area contributed by atoms with Crippen LogP contribution in [0.4, 0.5) is 4.39 Å². The normalized spacial score (nSPS) is 18.1. The van der Waals surface area contributed by atoms with Crippen LogP contribution in [-0.4, -0.2) is 38.6 Å². The Bertz CT molecular complexity index is 642. The van der Waals surface area contributed by atoms with E-state index in [0.29, 0.717) is 11.4 Å². The molecular formula is C14H13FN2O3S2. The summed E-state index contributed by atoms with van der Waals surface area (Å²) >= 11 is 3.36. The third kappa shape index (κ3) is 3.80. The monoisotopic (exact) mass is 340 g/mol. The zero-order chi connectivity index (χ0) is 15.4. The molecule has 0 bridgehead atoms. The summed E-state index contributed by atoms with van der Waals surface area (Å²) in [6.07, 6.45) is 0. The number of hydrogen-bond acceptors (Lipinski definition) is 7. The highest BCUT2D eigenvalue weighted by molar-refractivity contribution is 8.07. The molecule has 2 aromatic rings. The van der Waals surface area contributed by atoms with Gasteiger partial charge in [-0.1, -0.05) is 5.16 Å². The molecule has 0 aliphatic carbocycles. The molecule has 0 N–H and O–H groups in total. The minimum Gasteiger partial charge on any atom is -0.455 e. The van der Waals surface area contributed by atoms with Crippen LogP contribution in [0.2, 0.25) is 0 Å². The fourth-order valence-corrected chi connectivity index (χ4v) is 4.41. The zero-order valence-corrected chi connectivity index (χ0v) is 13.2. The molecule has 0 radical (unpaired) electrons. The van der Waals surface area contributed by atoms with Gasteiger partial charge >= 0.3 is 5.97 Å². The molecule has 0 amide bonds. The Balaban J connectivity index is 1.57. The smallest absolute Gasteiger partial charge is 0.320 e. The van der Waals surface area contributed by atoms with Crippen LogP contribution < -0.4 is 0 Å². The molecule has 3 rings (SSSR count). The second kappa shape index (κ2) is 7.15. The van der Waals surface area contributed by atoms with Crippen molar-refractivity contribution in [3.8, 4) is 11.4 Å². The van der Waals surface area contributed by atoms with Crippen LogP contribution >= 0.6 is 23.5 Å². The highest BCUT2D eigenvalue weighted by Gasteiger charge is 2.24. The molecule has 0 saturated carbocycles. The van der Waals surface area contributed by atoms with Gasteiger partial charge in [0.15, 0.2) is 6.61 Å². The van der Waals surface area contributed by atoms with E-state index in [9.17, 15) is 9.18 Å². The molecule has 1 fully saturated rings. The van der Waals surface area contributed by atoms with Crippen LogP contribution in [-0.2, 0) is 16.1 Å². The number of hydrogen-bond donors (Lipinski definition) is 0.